The lowest BCUT2D eigenvalue weighted by Crippen LogP contribution is -2.03. The van der Waals surface area contributed by atoms with Gasteiger partial charge in [0.1, 0.15) is 0 Å². The average molecular weight is 247 g/mol. The van der Waals surface area contributed by atoms with Crippen molar-refractivity contribution in [2.75, 3.05) is 0 Å². The van der Waals surface area contributed by atoms with Crippen molar-refractivity contribution in [3.05, 3.63) is 23.8 Å². The van der Waals surface area contributed by atoms with E-state index in [-0.39, 0.29) is 11.6 Å². The molecule has 0 bridgehead atoms. The van der Waals surface area contributed by atoms with Gasteiger partial charge in [-0.3, -0.25) is 0 Å². The fourth-order valence-corrected chi connectivity index (χ4v) is 1.01. The van der Waals surface area contributed by atoms with E-state index >= 15 is 0 Å². The Bertz CT molecular complexity index is 493. The summed E-state index contributed by atoms with van der Waals surface area (Å²) in [6.45, 7) is 1.79. The second-order valence-electron chi connectivity index (χ2n) is 3.00. The first kappa shape index (κ1) is 10.9. The van der Waals surface area contributed by atoms with E-state index in [0.717, 1.165) is 5.56 Å². The minimum Gasteiger partial charge on any atom is -0.331 e. The summed E-state index contributed by atoms with van der Waals surface area (Å²) >= 11 is 4.71. The van der Waals surface area contributed by atoms with Gasteiger partial charge in [-0.1, -0.05) is 5.16 Å². The van der Waals surface area contributed by atoms with Gasteiger partial charge in [0.2, 0.25) is 11.6 Å². The van der Waals surface area contributed by atoms with Crippen molar-refractivity contribution in [1.82, 2.24) is 20.1 Å². The van der Waals surface area contributed by atoms with Crippen LogP contribution in [0.1, 0.15) is 11.5 Å². The number of aromatic nitrogens is 4. The Morgan fingerprint density at radius 3 is 2.38 bits per heavy atom. The Kier molecular flexibility index (Phi) is 2.55. The van der Waals surface area contributed by atoms with Gasteiger partial charge in [0.05, 0.1) is 0 Å². The monoisotopic (exact) mass is 246 g/mol. The van der Waals surface area contributed by atoms with Crippen molar-refractivity contribution in [3.63, 3.8) is 0 Å². The van der Waals surface area contributed by atoms with Crippen molar-refractivity contribution in [2.45, 2.75) is 12.3 Å². The minimum absolute atomic E-state index is 0.0986. The second-order valence-corrected chi connectivity index (χ2v) is 3.48. The van der Waals surface area contributed by atoms with Gasteiger partial charge < -0.3 is 4.52 Å². The van der Waals surface area contributed by atoms with E-state index in [1.807, 2.05) is 0 Å². The predicted octanol–water partition coefficient (Wildman–Crippen LogP) is 2.12. The van der Waals surface area contributed by atoms with Crippen LogP contribution in [0.5, 0.6) is 0 Å². The number of nitrogens with zero attached hydrogens (tertiary/aromatic N) is 4. The molecule has 16 heavy (non-hydrogen) atoms. The van der Waals surface area contributed by atoms with Crippen LogP contribution in [0.4, 0.5) is 8.78 Å². The number of alkyl halides is 3. The summed E-state index contributed by atoms with van der Waals surface area (Å²) in [6, 6.07) is 0. The van der Waals surface area contributed by atoms with E-state index in [1.54, 1.807) is 6.92 Å². The molecule has 2 aromatic rings. The van der Waals surface area contributed by atoms with E-state index in [4.69, 9.17) is 11.6 Å². The van der Waals surface area contributed by atoms with Gasteiger partial charge in [-0.25, -0.2) is 9.97 Å². The van der Waals surface area contributed by atoms with E-state index in [2.05, 4.69) is 24.6 Å². The van der Waals surface area contributed by atoms with Gasteiger partial charge in [-0.05, 0) is 24.1 Å². The third-order valence-electron chi connectivity index (χ3n) is 1.65. The SMILES string of the molecule is Cc1cnc(-c2noc(C(F)(F)Cl)n2)nc1. The van der Waals surface area contributed by atoms with Gasteiger partial charge in [-0.2, -0.15) is 13.8 Å². The predicted molar refractivity (Wildman–Crippen MR) is 49.8 cm³/mol. The second kappa shape index (κ2) is 3.75. The molecule has 0 unspecified atom stereocenters. The molecule has 84 valence electrons. The Morgan fingerprint density at radius 1 is 1.25 bits per heavy atom. The molecular formula is C8H5ClF2N4O. The lowest BCUT2D eigenvalue weighted by Gasteiger charge is -1.97. The standard InChI is InChI=1S/C8H5ClF2N4O/c1-4-2-12-5(13-3-4)6-14-7(16-15-6)8(9,10)11/h2-3H,1H3. The number of aryl methyl sites for hydroxylation is 1. The zero-order chi connectivity index (χ0) is 11.8. The number of rotatable bonds is 2. The zero-order valence-electron chi connectivity index (χ0n) is 7.99. The highest BCUT2D eigenvalue weighted by Crippen LogP contribution is 2.31. The smallest absolute Gasteiger partial charge is 0.331 e. The molecule has 0 aliphatic rings. The molecular weight excluding hydrogens is 242 g/mol. The summed E-state index contributed by atoms with van der Waals surface area (Å²) in [5.74, 6) is -1.01. The maximum absolute atomic E-state index is 12.6. The van der Waals surface area contributed by atoms with Crippen LogP contribution in [-0.4, -0.2) is 20.1 Å². The first-order chi connectivity index (χ1) is 7.47. The molecule has 0 atom stereocenters. The molecule has 8 heteroatoms. The Morgan fingerprint density at radius 2 is 1.88 bits per heavy atom. The summed E-state index contributed by atoms with van der Waals surface area (Å²) in [7, 11) is 0. The largest absolute Gasteiger partial charge is 0.400 e. The molecule has 0 amide bonds. The molecule has 0 aliphatic heterocycles. The average Bonchev–Trinajstić information content (AvgIpc) is 2.67. The van der Waals surface area contributed by atoms with Crippen molar-refractivity contribution in [2.24, 2.45) is 0 Å². The van der Waals surface area contributed by atoms with Gasteiger partial charge in [-0.15, -0.1) is 0 Å². The molecule has 0 aliphatic carbocycles. The van der Waals surface area contributed by atoms with Crippen molar-refractivity contribution in [3.8, 4) is 11.6 Å². The third kappa shape index (κ3) is 2.13. The maximum Gasteiger partial charge on any atom is 0.400 e. The fourth-order valence-electron chi connectivity index (χ4n) is 0.938. The van der Waals surface area contributed by atoms with Crippen molar-refractivity contribution < 1.29 is 13.3 Å². The summed E-state index contributed by atoms with van der Waals surface area (Å²) in [5.41, 5.74) is 0.829. The van der Waals surface area contributed by atoms with Crippen LogP contribution in [0, 0.1) is 6.92 Å². The molecule has 0 aromatic carbocycles. The van der Waals surface area contributed by atoms with E-state index in [9.17, 15) is 8.78 Å². The Hall–Kier alpha value is -1.63. The number of halogens is 3. The van der Waals surface area contributed by atoms with Crippen LogP contribution in [0.25, 0.3) is 11.6 Å². The molecule has 0 spiro atoms. The molecule has 5 nitrogen and oxygen atoms in total. The fraction of sp³-hybridized carbons (Fsp3) is 0.250. The van der Waals surface area contributed by atoms with Crippen LogP contribution < -0.4 is 0 Å². The Labute approximate surface area is 93.5 Å². The number of hydrogen-bond acceptors (Lipinski definition) is 5. The lowest BCUT2D eigenvalue weighted by molar-refractivity contribution is 0.0551. The highest BCUT2D eigenvalue weighted by Gasteiger charge is 2.36. The molecule has 0 radical (unpaired) electrons. The van der Waals surface area contributed by atoms with Crippen LogP contribution >= 0.6 is 11.6 Å². The molecule has 0 fully saturated rings. The van der Waals surface area contributed by atoms with Gasteiger partial charge in [0.25, 0.3) is 0 Å². The Balaban J connectivity index is 2.35. The minimum atomic E-state index is -3.68. The highest BCUT2D eigenvalue weighted by molar-refractivity contribution is 6.21. The topological polar surface area (TPSA) is 64.7 Å². The summed E-state index contributed by atoms with van der Waals surface area (Å²) in [4.78, 5) is 11.1. The quantitative estimate of drug-likeness (QED) is 0.760. The third-order valence-corrected chi connectivity index (χ3v) is 1.81. The van der Waals surface area contributed by atoms with Crippen LogP contribution in [0.15, 0.2) is 16.9 Å². The number of hydrogen-bond donors (Lipinski definition) is 0. The summed E-state index contributed by atoms with van der Waals surface area (Å²) in [5, 5.41) is -0.378. The lowest BCUT2D eigenvalue weighted by atomic mass is 10.4. The molecule has 0 saturated carbocycles. The summed E-state index contributed by atoms with van der Waals surface area (Å²) < 4.78 is 29.4. The van der Waals surface area contributed by atoms with Gasteiger partial charge in [0, 0.05) is 12.4 Å². The van der Waals surface area contributed by atoms with Crippen molar-refractivity contribution in [1.29, 1.82) is 0 Å². The van der Waals surface area contributed by atoms with Crippen molar-refractivity contribution >= 4 is 11.6 Å². The maximum atomic E-state index is 12.6. The molecule has 2 aromatic heterocycles. The molecule has 2 heterocycles. The van der Waals surface area contributed by atoms with E-state index in [1.165, 1.54) is 12.4 Å². The van der Waals surface area contributed by atoms with Crippen LogP contribution in [0.3, 0.4) is 0 Å². The van der Waals surface area contributed by atoms with E-state index in [0.29, 0.717) is 0 Å². The first-order valence-electron chi connectivity index (χ1n) is 4.17. The first-order valence-corrected chi connectivity index (χ1v) is 4.54. The van der Waals surface area contributed by atoms with Gasteiger partial charge >= 0.3 is 11.3 Å². The normalized spacial score (nSPS) is 11.8. The molecule has 0 N–H and O–H groups in total. The van der Waals surface area contributed by atoms with Crippen LogP contribution in [0.2, 0.25) is 0 Å². The molecule has 2 rings (SSSR count). The van der Waals surface area contributed by atoms with Gasteiger partial charge in [0.15, 0.2) is 0 Å². The highest BCUT2D eigenvalue weighted by atomic mass is 35.5. The summed E-state index contributed by atoms with van der Waals surface area (Å²) in [6.07, 6.45) is 3.02. The van der Waals surface area contributed by atoms with Crippen LogP contribution in [-0.2, 0) is 5.38 Å². The van der Waals surface area contributed by atoms with E-state index < -0.39 is 11.3 Å². The molecule has 0 saturated heterocycles. The zero-order valence-corrected chi connectivity index (χ0v) is 8.74.